The Morgan fingerprint density at radius 2 is 2.14 bits per heavy atom. The summed E-state index contributed by atoms with van der Waals surface area (Å²) in [6, 6.07) is 5.85. The summed E-state index contributed by atoms with van der Waals surface area (Å²) >= 11 is 7.58. The highest BCUT2D eigenvalue weighted by atomic mass is 35.5. The van der Waals surface area contributed by atoms with Crippen LogP contribution in [0, 0.1) is 0 Å². The van der Waals surface area contributed by atoms with Gasteiger partial charge in [0, 0.05) is 43.3 Å². The smallest absolute Gasteiger partial charge is 0.274 e. The third-order valence-electron chi connectivity index (χ3n) is 3.90. The van der Waals surface area contributed by atoms with E-state index >= 15 is 0 Å². The number of aromatic nitrogens is 2. The van der Waals surface area contributed by atoms with Crippen molar-refractivity contribution in [2.24, 2.45) is 0 Å². The van der Waals surface area contributed by atoms with Crippen LogP contribution < -0.4 is 0 Å². The Balaban J connectivity index is 1.53. The highest BCUT2D eigenvalue weighted by Crippen LogP contribution is 2.23. The lowest BCUT2D eigenvalue weighted by Crippen LogP contribution is -2.48. The van der Waals surface area contributed by atoms with Crippen molar-refractivity contribution >= 4 is 28.8 Å². The molecule has 1 amide bonds. The molecule has 0 unspecified atom stereocenters. The van der Waals surface area contributed by atoms with Gasteiger partial charge in [0.2, 0.25) is 0 Å². The summed E-state index contributed by atoms with van der Waals surface area (Å²) in [5.74, 6) is 0.0229. The maximum Gasteiger partial charge on any atom is 0.274 e. The third kappa shape index (κ3) is 3.51. The molecule has 0 bridgehead atoms. The van der Waals surface area contributed by atoms with Gasteiger partial charge in [0.05, 0.1) is 4.34 Å². The van der Waals surface area contributed by atoms with Gasteiger partial charge < -0.3 is 4.90 Å². The van der Waals surface area contributed by atoms with E-state index in [9.17, 15) is 4.79 Å². The standard InChI is InChI=1S/C15H19ClN4OS/c1-2-11-9-13(18-17-11)15(21)20-7-5-19(6-8-20)10-12-3-4-14(16)22-12/h3-4,9H,2,5-8,10H2,1H3,(H,17,18). The molecule has 3 rings (SSSR count). The zero-order chi connectivity index (χ0) is 15.5. The van der Waals surface area contributed by atoms with E-state index in [1.54, 1.807) is 11.3 Å². The third-order valence-corrected chi connectivity index (χ3v) is 5.11. The van der Waals surface area contributed by atoms with E-state index in [1.807, 2.05) is 24.0 Å². The van der Waals surface area contributed by atoms with Gasteiger partial charge >= 0.3 is 0 Å². The fourth-order valence-corrected chi connectivity index (χ4v) is 3.71. The molecule has 7 heteroatoms. The average Bonchev–Trinajstić information content (AvgIpc) is 3.16. The van der Waals surface area contributed by atoms with Crippen LogP contribution in [-0.2, 0) is 13.0 Å². The summed E-state index contributed by atoms with van der Waals surface area (Å²) in [5.41, 5.74) is 1.52. The first kappa shape index (κ1) is 15.5. The molecule has 22 heavy (non-hydrogen) atoms. The Hall–Kier alpha value is -1.37. The number of thiophene rings is 1. The van der Waals surface area contributed by atoms with Crippen molar-refractivity contribution < 1.29 is 4.79 Å². The van der Waals surface area contributed by atoms with E-state index < -0.39 is 0 Å². The Morgan fingerprint density at radius 3 is 2.73 bits per heavy atom. The number of H-pyrrole nitrogens is 1. The molecule has 1 aliphatic rings. The summed E-state index contributed by atoms with van der Waals surface area (Å²) < 4.78 is 0.828. The topological polar surface area (TPSA) is 52.2 Å². The molecule has 1 saturated heterocycles. The first-order chi connectivity index (χ1) is 10.7. The second-order valence-corrected chi connectivity index (χ2v) is 7.21. The number of rotatable bonds is 4. The number of carbonyl (C=O) groups is 1. The number of amides is 1. The van der Waals surface area contributed by atoms with Gasteiger partial charge in [-0.2, -0.15) is 5.10 Å². The Bertz CT molecular complexity index is 646. The first-order valence-electron chi connectivity index (χ1n) is 7.46. The monoisotopic (exact) mass is 338 g/mol. The number of aryl methyl sites for hydroxylation is 1. The zero-order valence-electron chi connectivity index (χ0n) is 12.5. The van der Waals surface area contributed by atoms with Gasteiger partial charge in [0.15, 0.2) is 0 Å². The SMILES string of the molecule is CCc1cc(C(=O)N2CCN(Cc3ccc(Cl)s3)CC2)n[nH]1. The number of halogens is 1. The van der Waals surface area contributed by atoms with Crippen molar-refractivity contribution in [1.82, 2.24) is 20.0 Å². The van der Waals surface area contributed by atoms with Crippen LogP contribution in [0.3, 0.4) is 0 Å². The summed E-state index contributed by atoms with van der Waals surface area (Å²) in [6.07, 6.45) is 0.859. The molecule has 0 radical (unpaired) electrons. The van der Waals surface area contributed by atoms with Crippen molar-refractivity contribution in [1.29, 1.82) is 0 Å². The molecule has 0 saturated carbocycles. The number of hydrogen-bond donors (Lipinski definition) is 1. The lowest BCUT2D eigenvalue weighted by Gasteiger charge is -2.34. The van der Waals surface area contributed by atoms with Crippen molar-refractivity contribution in [2.45, 2.75) is 19.9 Å². The van der Waals surface area contributed by atoms with Crippen LogP contribution in [0.1, 0.15) is 28.0 Å². The van der Waals surface area contributed by atoms with Crippen LogP contribution in [-0.4, -0.2) is 52.1 Å². The molecule has 0 atom stereocenters. The number of aromatic amines is 1. The summed E-state index contributed by atoms with van der Waals surface area (Å²) in [5, 5.41) is 7.01. The number of nitrogens with zero attached hydrogens (tertiary/aromatic N) is 3. The molecule has 1 aliphatic heterocycles. The predicted octanol–water partition coefficient (Wildman–Crippen LogP) is 2.65. The van der Waals surface area contributed by atoms with Crippen LogP contribution >= 0.6 is 22.9 Å². The number of nitrogens with one attached hydrogen (secondary N) is 1. The van der Waals surface area contributed by atoms with E-state index in [0.717, 1.165) is 49.2 Å². The molecule has 3 heterocycles. The van der Waals surface area contributed by atoms with Gasteiger partial charge in [-0.15, -0.1) is 11.3 Å². The summed E-state index contributed by atoms with van der Waals surface area (Å²) in [6.45, 7) is 6.19. The molecule has 1 fully saturated rings. The van der Waals surface area contributed by atoms with E-state index in [4.69, 9.17) is 11.6 Å². The van der Waals surface area contributed by atoms with Crippen molar-refractivity contribution in [3.63, 3.8) is 0 Å². The molecular formula is C15H19ClN4OS. The Labute approximate surface area is 138 Å². The Morgan fingerprint density at radius 1 is 1.36 bits per heavy atom. The number of piperazine rings is 1. The summed E-state index contributed by atoms with van der Waals surface area (Å²) in [7, 11) is 0. The Kier molecular flexibility index (Phi) is 4.81. The first-order valence-corrected chi connectivity index (χ1v) is 8.65. The van der Waals surface area contributed by atoms with Crippen LogP contribution in [0.5, 0.6) is 0 Å². The highest BCUT2D eigenvalue weighted by molar-refractivity contribution is 7.16. The van der Waals surface area contributed by atoms with Crippen molar-refractivity contribution in [3.8, 4) is 0 Å². The average molecular weight is 339 g/mol. The van der Waals surface area contributed by atoms with Crippen molar-refractivity contribution in [3.05, 3.63) is 38.8 Å². The van der Waals surface area contributed by atoms with Crippen molar-refractivity contribution in [2.75, 3.05) is 26.2 Å². The second-order valence-electron chi connectivity index (χ2n) is 5.41. The fourth-order valence-electron chi connectivity index (χ4n) is 2.58. The van der Waals surface area contributed by atoms with Gasteiger partial charge in [-0.1, -0.05) is 18.5 Å². The largest absolute Gasteiger partial charge is 0.335 e. The quantitative estimate of drug-likeness (QED) is 0.932. The van der Waals surface area contributed by atoms with Crippen LogP contribution in [0.4, 0.5) is 0 Å². The molecule has 118 valence electrons. The second kappa shape index (κ2) is 6.81. The van der Waals surface area contributed by atoms with Gasteiger partial charge in [0.1, 0.15) is 5.69 Å². The molecule has 2 aromatic rings. The molecule has 5 nitrogen and oxygen atoms in total. The predicted molar refractivity (Wildman–Crippen MR) is 88.5 cm³/mol. The minimum Gasteiger partial charge on any atom is -0.335 e. The van der Waals surface area contributed by atoms with E-state index in [-0.39, 0.29) is 5.91 Å². The highest BCUT2D eigenvalue weighted by Gasteiger charge is 2.23. The number of carbonyl (C=O) groups excluding carboxylic acids is 1. The van der Waals surface area contributed by atoms with E-state index in [2.05, 4.69) is 21.2 Å². The molecular weight excluding hydrogens is 320 g/mol. The minimum absolute atomic E-state index is 0.0229. The van der Waals surface area contributed by atoms with Gasteiger partial charge in [-0.05, 0) is 24.6 Å². The maximum atomic E-state index is 12.4. The molecule has 0 aromatic carbocycles. The summed E-state index contributed by atoms with van der Waals surface area (Å²) in [4.78, 5) is 17.9. The molecule has 1 N–H and O–H groups in total. The zero-order valence-corrected chi connectivity index (χ0v) is 14.1. The van der Waals surface area contributed by atoms with E-state index in [1.165, 1.54) is 4.88 Å². The molecule has 2 aromatic heterocycles. The van der Waals surface area contributed by atoms with Crippen LogP contribution in [0.15, 0.2) is 18.2 Å². The van der Waals surface area contributed by atoms with Crippen LogP contribution in [0.2, 0.25) is 4.34 Å². The molecule has 0 aliphatic carbocycles. The van der Waals surface area contributed by atoms with Gasteiger partial charge in [-0.25, -0.2) is 0 Å². The lowest BCUT2D eigenvalue weighted by atomic mass is 10.2. The van der Waals surface area contributed by atoms with Crippen LogP contribution in [0.25, 0.3) is 0 Å². The van der Waals surface area contributed by atoms with Gasteiger partial charge in [0.25, 0.3) is 5.91 Å². The number of hydrogen-bond acceptors (Lipinski definition) is 4. The molecule has 0 spiro atoms. The van der Waals surface area contributed by atoms with E-state index in [0.29, 0.717) is 5.69 Å². The lowest BCUT2D eigenvalue weighted by molar-refractivity contribution is 0.0624. The van der Waals surface area contributed by atoms with Gasteiger partial charge in [-0.3, -0.25) is 14.8 Å². The minimum atomic E-state index is 0.0229. The maximum absolute atomic E-state index is 12.4. The normalized spacial score (nSPS) is 16.2. The fraction of sp³-hybridized carbons (Fsp3) is 0.467.